The number of nitrogens with zero attached hydrogens (tertiary/aromatic N) is 1. The highest BCUT2D eigenvalue weighted by Crippen LogP contribution is 2.11. The van der Waals surface area contributed by atoms with Crippen LogP contribution in [-0.2, 0) is 4.74 Å². The van der Waals surface area contributed by atoms with Crippen molar-refractivity contribution in [1.82, 2.24) is 15.3 Å². The minimum Gasteiger partial charge on any atom is -0.378 e. The van der Waals surface area contributed by atoms with Gasteiger partial charge in [0.05, 0.1) is 19.3 Å². The number of aromatic amines is 1. The smallest absolute Gasteiger partial charge is 0.125 e. The predicted octanol–water partition coefficient (Wildman–Crippen LogP) is 0.379. The molecule has 1 aromatic rings. The summed E-state index contributed by atoms with van der Waals surface area (Å²) in [5, 5.41) is 3.33. The average molecular weight is 167 g/mol. The molecule has 1 aliphatic heterocycles. The van der Waals surface area contributed by atoms with Gasteiger partial charge in [-0.2, -0.15) is 0 Å². The number of hydrogen-bond donors (Lipinski definition) is 2. The van der Waals surface area contributed by atoms with Crippen molar-refractivity contribution in [2.45, 2.75) is 13.0 Å². The molecular weight excluding hydrogens is 154 g/mol. The number of hydrogen-bond acceptors (Lipinski definition) is 3. The molecule has 1 atom stereocenters. The summed E-state index contributed by atoms with van der Waals surface area (Å²) >= 11 is 0. The minimum atomic E-state index is 0.243. The number of nitrogens with one attached hydrogen (secondary N) is 2. The number of morpholine rings is 1. The van der Waals surface area contributed by atoms with Crippen molar-refractivity contribution in [2.24, 2.45) is 0 Å². The molecule has 0 amide bonds. The van der Waals surface area contributed by atoms with E-state index in [1.165, 1.54) is 0 Å². The molecule has 12 heavy (non-hydrogen) atoms. The zero-order valence-electron chi connectivity index (χ0n) is 7.13. The Morgan fingerprint density at radius 2 is 2.58 bits per heavy atom. The van der Waals surface area contributed by atoms with E-state index in [9.17, 15) is 0 Å². The van der Waals surface area contributed by atoms with Crippen LogP contribution in [0, 0.1) is 6.92 Å². The first-order valence-electron chi connectivity index (χ1n) is 4.19. The Labute approximate surface area is 71.3 Å². The van der Waals surface area contributed by atoms with Crippen LogP contribution in [0.25, 0.3) is 0 Å². The van der Waals surface area contributed by atoms with E-state index in [4.69, 9.17) is 4.74 Å². The molecule has 2 N–H and O–H groups in total. The van der Waals surface area contributed by atoms with E-state index in [2.05, 4.69) is 15.3 Å². The molecule has 1 saturated heterocycles. The second-order valence-electron chi connectivity index (χ2n) is 3.03. The van der Waals surface area contributed by atoms with Crippen molar-refractivity contribution in [2.75, 3.05) is 19.8 Å². The number of ether oxygens (including phenoxy) is 1. The lowest BCUT2D eigenvalue weighted by atomic mass is 10.2. The second kappa shape index (κ2) is 3.25. The van der Waals surface area contributed by atoms with E-state index < -0.39 is 0 Å². The summed E-state index contributed by atoms with van der Waals surface area (Å²) in [6.07, 6.45) is 1.84. The molecule has 0 aliphatic carbocycles. The van der Waals surface area contributed by atoms with Gasteiger partial charge in [-0.3, -0.25) is 0 Å². The van der Waals surface area contributed by atoms with Gasteiger partial charge in [-0.1, -0.05) is 0 Å². The van der Waals surface area contributed by atoms with Crippen LogP contribution >= 0.6 is 0 Å². The summed E-state index contributed by atoms with van der Waals surface area (Å²) in [7, 11) is 0. The Hall–Kier alpha value is -0.870. The Morgan fingerprint density at radius 1 is 1.67 bits per heavy atom. The summed E-state index contributed by atoms with van der Waals surface area (Å²) in [6.45, 7) is 4.42. The zero-order chi connectivity index (χ0) is 8.39. The topological polar surface area (TPSA) is 49.9 Å². The minimum absolute atomic E-state index is 0.243. The Balaban J connectivity index is 2.08. The van der Waals surface area contributed by atoms with Gasteiger partial charge in [0.2, 0.25) is 0 Å². The third kappa shape index (κ3) is 1.49. The lowest BCUT2D eigenvalue weighted by Crippen LogP contribution is -2.35. The first kappa shape index (κ1) is 7.76. The normalized spacial score (nSPS) is 24.2. The maximum absolute atomic E-state index is 5.32. The van der Waals surface area contributed by atoms with Crippen molar-refractivity contribution >= 4 is 0 Å². The molecule has 0 unspecified atom stereocenters. The summed E-state index contributed by atoms with van der Waals surface area (Å²) in [6, 6.07) is 0.243. The summed E-state index contributed by atoms with van der Waals surface area (Å²) in [5.74, 6) is 0.979. The lowest BCUT2D eigenvalue weighted by molar-refractivity contribution is 0.0744. The summed E-state index contributed by atoms with van der Waals surface area (Å²) in [5.41, 5.74) is 1.09. The maximum atomic E-state index is 5.32. The molecule has 1 aromatic heterocycles. The van der Waals surface area contributed by atoms with Gasteiger partial charge >= 0.3 is 0 Å². The number of imidazole rings is 1. The fourth-order valence-electron chi connectivity index (χ4n) is 1.35. The highest BCUT2D eigenvalue weighted by atomic mass is 16.5. The molecule has 0 radical (unpaired) electrons. The number of H-pyrrole nitrogens is 1. The van der Waals surface area contributed by atoms with Gasteiger partial charge in [-0.15, -0.1) is 0 Å². The van der Waals surface area contributed by atoms with E-state index >= 15 is 0 Å². The number of rotatable bonds is 1. The van der Waals surface area contributed by atoms with Gasteiger partial charge < -0.3 is 15.0 Å². The second-order valence-corrected chi connectivity index (χ2v) is 3.03. The predicted molar refractivity (Wildman–Crippen MR) is 44.9 cm³/mol. The average Bonchev–Trinajstić information content (AvgIpc) is 2.54. The first-order valence-corrected chi connectivity index (χ1v) is 4.19. The fraction of sp³-hybridized carbons (Fsp3) is 0.625. The van der Waals surface area contributed by atoms with Crippen molar-refractivity contribution in [3.63, 3.8) is 0 Å². The molecule has 1 fully saturated rings. The van der Waals surface area contributed by atoms with Crippen LogP contribution in [0.15, 0.2) is 6.20 Å². The van der Waals surface area contributed by atoms with Gasteiger partial charge in [0.1, 0.15) is 5.82 Å². The van der Waals surface area contributed by atoms with E-state index in [0.29, 0.717) is 6.61 Å². The van der Waals surface area contributed by atoms with E-state index in [0.717, 1.165) is 24.7 Å². The van der Waals surface area contributed by atoms with E-state index in [1.807, 2.05) is 13.1 Å². The maximum Gasteiger partial charge on any atom is 0.125 e. The SMILES string of the molecule is Cc1cnc([C@@H]2COCCN2)[nH]1. The first-order chi connectivity index (χ1) is 5.86. The highest BCUT2D eigenvalue weighted by molar-refractivity contribution is 5.03. The molecule has 2 rings (SSSR count). The highest BCUT2D eigenvalue weighted by Gasteiger charge is 2.17. The van der Waals surface area contributed by atoms with Crippen LogP contribution in [0.2, 0.25) is 0 Å². The Bertz CT molecular complexity index is 253. The quantitative estimate of drug-likeness (QED) is 0.635. The van der Waals surface area contributed by atoms with Crippen LogP contribution in [-0.4, -0.2) is 29.7 Å². The fourth-order valence-corrected chi connectivity index (χ4v) is 1.35. The van der Waals surface area contributed by atoms with E-state index in [1.54, 1.807) is 0 Å². The standard InChI is InChI=1S/C8H13N3O/c1-6-4-10-8(11-6)7-5-12-3-2-9-7/h4,7,9H,2-3,5H2,1H3,(H,10,11)/t7-/m0/s1. The van der Waals surface area contributed by atoms with Crippen LogP contribution < -0.4 is 5.32 Å². The van der Waals surface area contributed by atoms with Crippen molar-refractivity contribution < 1.29 is 4.74 Å². The van der Waals surface area contributed by atoms with Gasteiger partial charge in [0, 0.05) is 18.4 Å². The van der Waals surface area contributed by atoms with Crippen molar-refractivity contribution in [1.29, 1.82) is 0 Å². The Kier molecular flexibility index (Phi) is 2.10. The molecule has 1 aliphatic rings. The third-order valence-electron chi connectivity index (χ3n) is 1.97. The van der Waals surface area contributed by atoms with Crippen molar-refractivity contribution in [3.05, 3.63) is 17.7 Å². The van der Waals surface area contributed by atoms with Crippen LogP contribution in [0.3, 0.4) is 0 Å². The molecule has 0 spiro atoms. The molecule has 4 heteroatoms. The van der Waals surface area contributed by atoms with Crippen LogP contribution in [0.5, 0.6) is 0 Å². The van der Waals surface area contributed by atoms with Crippen molar-refractivity contribution in [3.8, 4) is 0 Å². The number of aryl methyl sites for hydroxylation is 1. The summed E-state index contributed by atoms with van der Waals surface area (Å²) in [4.78, 5) is 7.43. The van der Waals surface area contributed by atoms with Gasteiger partial charge in [0.25, 0.3) is 0 Å². The molecule has 0 bridgehead atoms. The Morgan fingerprint density at radius 3 is 3.17 bits per heavy atom. The third-order valence-corrected chi connectivity index (χ3v) is 1.97. The molecular formula is C8H13N3O. The molecule has 66 valence electrons. The molecule has 4 nitrogen and oxygen atoms in total. The largest absolute Gasteiger partial charge is 0.378 e. The monoisotopic (exact) mass is 167 g/mol. The lowest BCUT2D eigenvalue weighted by Gasteiger charge is -2.21. The molecule has 2 heterocycles. The summed E-state index contributed by atoms with van der Waals surface area (Å²) < 4.78 is 5.32. The number of aromatic nitrogens is 2. The van der Waals surface area contributed by atoms with Crippen LogP contribution in [0.4, 0.5) is 0 Å². The van der Waals surface area contributed by atoms with Crippen LogP contribution in [0.1, 0.15) is 17.6 Å². The van der Waals surface area contributed by atoms with Gasteiger partial charge in [-0.25, -0.2) is 4.98 Å². The van der Waals surface area contributed by atoms with E-state index in [-0.39, 0.29) is 6.04 Å². The molecule has 0 saturated carbocycles. The molecule has 0 aromatic carbocycles. The van der Waals surface area contributed by atoms with Gasteiger partial charge in [-0.05, 0) is 6.92 Å². The zero-order valence-corrected chi connectivity index (χ0v) is 7.13. The van der Waals surface area contributed by atoms with Gasteiger partial charge in [0.15, 0.2) is 0 Å².